The highest BCUT2D eigenvalue weighted by atomic mass is 16.7. The third kappa shape index (κ3) is 2.58. The molecule has 0 spiro atoms. The Labute approximate surface area is 109 Å². The van der Waals surface area contributed by atoms with Crippen LogP contribution in [-0.2, 0) is 20.7 Å². The summed E-state index contributed by atoms with van der Waals surface area (Å²) in [6, 6.07) is 8.45. The maximum Gasteiger partial charge on any atom is 0.192 e. The van der Waals surface area contributed by atoms with Gasteiger partial charge in [0.1, 0.15) is 0 Å². The van der Waals surface area contributed by atoms with Gasteiger partial charge in [-0.3, -0.25) is 0 Å². The van der Waals surface area contributed by atoms with E-state index in [1.165, 1.54) is 5.56 Å². The summed E-state index contributed by atoms with van der Waals surface area (Å²) in [5.41, 5.74) is 8.13. The quantitative estimate of drug-likeness (QED) is 0.876. The van der Waals surface area contributed by atoms with E-state index in [-0.39, 0.29) is 11.5 Å². The zero-order valence-corrected chi connectivity index (χ0v) is 11.7. The van der Waals surface area contributed by atoms with Crippen LogP contribution in [0.5, 0.6) is 0 Å². The summed E-state index contributed by atoms with van der Waals surface area (Å²) >= 11 is 0. The third-order valence-corrected chi connectivity index (χ3v) is 3.47. The average Bonchev–Trinajstić information content (AvgIpc) is 2.72. The Morgan fingerprint density at radius 3 is 2.33 bits per heavy atom. The molecule has 0 radical (unpaired) electrons. The van der Waals surface area contributed by atoms with E-state index >= 15 is 0 Å². The van der Waals surface area contributed by atoms with Crippen LogP contribution in [0.2, 0.25) is 0 Å². The lowest BCUT2D eigenvalue weighted by Crippen LogP contribution is -2.27. The van der Waals surface area contributed by atoms with Crippen LogP contribution in [0, 0.1) is 0 Å². The lowest BCUT2D eigenvalue weighted by atomic mass is 9.86. The van der Waals surface area contributed by atoms with E-state index in [2.05, 4.69) is 45.0 Å². The van der Waals surface area contributed by atoms with Gasteiger partial charge in [-0.2, -0.15) is 0 Å². The summed E-state index contributed by atoms with van der Waals surface area (Å²) in [5, 5.41) is 0. The molecule has 1 aromatic carbocycles. The molecule has 2 rings (SSSR count). The van der Waals surface area contributed by atoms with Crippen LogP contribution >= 0.6 is 0 Å². The number of rotatable bonds is 2. The molecular formula is C15H23NO2. The topological polar surface area (TPSA) is 44.5 Å². The van der Waals surface area contributed by atoms with Gasteiger partial charge < -0.3 is 15.2 Å². The fraction of sp³-hybridized carbons (Fsp3) is 0.600. The van der Waals surface area contributed by atoms with Gasteiger partial charge in [-0.05, 0) is 17.9 Å². The predicted molar refractivity (Wildman–Crippen MR) is 72.4 cm³/mol. The van der Waals surface area contributed by atoms with E-state index < -0.39 is 5.79 Å². The van der Waals surface area contributed by atoms with E-state index in [4.69, 9.17) is 15.2 Å². The van der Waals surface area contributed by atoms with Crippen molar-refractivity contribution in [1.82, 2.24) is 0 Å². The predicted octanol–water partition coefficient (Wildman–Crippen LogP) is 2.53. The van der Waals surface area contributed by atoms with E-state index in [0.29, 0.717) is 13.2 Å². The number of hydrogen-bond acceptors (Lipinski definition) is 3. The van der Waals surface area contributed by atoms with Crippen molar-refractivity contribution < 1.29 is 9.47 Å². The van der Waals surface area contributed by atoms with Crippen molar-refractivity contribution in [2.75, 3.05) is 13.2 Å². The molecule has 0 bridgehead atoms. The fourth-order valence-electron chi connectivity index (χ4n) is 2.18. The summed E-state index contributed by atoms with van der Waals surface area (Å²) in [6.45, 7) is 9.63. The van der Waals surface area contributed by atoms with Gasteiger partial charge in [0.05, 0.1) is 12.7 Å². The van der Waals surface area contributed by atoms with Crippen LogP contribution in [-0.4, -0.2) is 19.3 Å². The van der Waals surface area contributed by atoms with Crippen LogP contribution in [0.15, 0.2) is 24.3 Å². The molecule has 2 atom stereocenters. The molecule has 1 saturated heterocycles. The smallest absolute Gasteiger partial charge is 0.192 e. The minimum atomic E-state index is -0.652. The largest absolute Gasteiger partial charge is 0.343 e. The second-order valence-corrected chi connectivity index (χ2v) is 6.06. The van der Waals surface area contributed by atoms with Crippen molar-refractivity contribution in [2.24, 2.45) is 5.73 Å². The Bertz CT molecular complexity index is 407. The Morgan fingerprint density at radius 2 is 1.89 bits per heavy atom. The lowest BCUT2D eigenvalue weighted by Gasteiger charge is -2.25. The van der Waals surface area contributed by atoms with Crippen LogP contribution in [0.3, 0.4) is 0 Å². The summed E-state index contributed by atoms with van der Waals surface area (Å²) in [4.78, 5) is 0. The summed E-state index contributed by atoms with van der Waals surface area (Å²) in [6.07, 6.45) is -0.00251. The highest BCUT2D eigenvalue weighted by Gasteiger charge is 2.38. The van der Waals surface area contributed by atoms with Crippen LogP contribution in [0.4, 0.5) is 0 Å². The van der Waals surface area contributed by atoms with Crippen molar-refractivity contribution in [3.05, 3.63) is 35.4 Å². The van der Waals surface area contributed by atoms with E-state index in [1.807, 2.05) is 6.92 Å². The molecule has 18 heavy (non-hydrogen) atoms. The number of benzene rings is 1. The molecular weight excluding hydrogens is 226 g/mol. The van der Waals surface area contributed by atoms with Crippen molar-refractivity contribution in [1.29, 1.82) is 0 Å². The second-order valence-electron chi connectivity index (χ2n) is 6.06. The molecule has 0 saturated carbocycles. The minimum Gasteiger partial charge on any atom is -0.343 e. The van der Waals surface area contributed by atoms with E-state index in [9.17, 15) is 0 Å². The van der Waals surface area contributed by atoms with Crippen molar-refractivity contribution >= 4 is 0 Å². The molecule has 1 heterocycles. The Kier molecular flexibility index (Phi) is 3.49. The maximum absolute atomic E-state index is 5.86. The maximum atomic E-state index is 5.86. The molecule has 1 aliphatic rings. The minimum absolute atomic E-state index is 0.00251. The van der Waals surface area contributed by atoms with Gasteiger partial charge in [0.2, 0.25) is 0 Å². The highest BCUT2D eigenvalue weighted by molar-refractivity contribution is 5.30. The first kappa shape index (κ1) is 13.5. The van der Waals surface area contributed by atoms with E-state index in [0.717, 1.165) is 5.56 Å². The van der Waals surface area contributed by atoms with Gasteiger partial charge in [0.15, 0.2) is 5.79 Å². The van der Waals surface area contributed by atoms with Gasteiger partial charge in [0, 0.05) is 12.1 Å². The van der Waals surface area contributed by atoms with Crippen LogP contribution in [0.1, 0.15) is 38.8 Å². The van der Waals surface area contributed by atoms with Gasteiger partial charge in [-0.1, -0.05) is 45.0 Å². The first-order chi connectivity index (χ1) is 8.35. The summed E-state index contributed by atoms with van der Waals surface area (Å²) in [7, 11) is 0. The van der Waals surface area contributed by atoms with Gasteiger partial charge in [0.25, 0.3) is 0 Å². The molecule has 0 aliphatic carbocycles. The van der Waals surface area contributed by atoms with Crippen molar-refractivity contribution in [3.8, 4) is 0 Å². The number of ether oxygens (including phenoxy) is 2. The van der Waals surface area contributed by atoms with Crippen LogP contribution < -0.4 is 5.73 Å². The van der Waals surface area contributed by atoms with Crippen molar-refractivity contribution in [3.63, 3.8) is 0 Å². The zero-order chi connectivity index (χ0) is 13.4. The SMILES string of the molecule is CC(C)(C)c1ccc(C2(C)OCC(CN)O2)cc1. The average molecular weight is 249 g/mol. The van der Waals surface area contributed by atoms with Gasteiger partial charge >= 0.3 is 0 Å². The molecule has 1 fully saturated rings. The Hall–Kier alpha value is -0.900. The van der Waals surface area contributed by atoms with Gasteiger partial charge in [-0.15, -0.1) is 0 Å². The Balaban J connectivity index is 2.20. The standard InChI is InChI=1S/C15H23NO2/c1-14(2,3)11-5-7-12(8-6-11)15(4)17-10-13(9-16)18-15/h5-8,13H,9-10,16H2,1-4H3. The van der Waals surface area contributed by atoms with Crippen molar-refractivity contribution in [2.45, 2.75) is 45.0 Å². The first-order valence-corrected chi connectivity index (χ1v) is 6.48. The normalized spacial score (nSPS) is 28.6. The summed E-state index contributed by atoms with van der Waals surface area (Å²) < 4.78 is 11.6. The summed E-state index contributed by atoms with van der Waals surface area (Å²) in [5.74, 6) is -0.652. The fourth-order valence-corrected chi connectivity index (χ4v) is 2.18. The monoisotopic (exact) mass is 249 g/mol. The lowest BCUT2D eigenvalue weighted by molar-refractivity contribution is -0.160. The third-order valence-electron chi connectivity index (χ3n) is 3.47. The van der Waals surface area contributed by atoms with Gasteiger partial charge in [-0.25, -0.2) is 0 Å². The molecule has 100 valence electrons. The number of hydrogen-bond donors (Lipinski definition) is 1. The van der Waals surface area contributed by atoms with Crippen LogP contribution in [0.25, 0.3) is 0 Å². The molecule has 2 unspecified atom stereocenters. The number of nitrogens with two attached hydrogens (primary N) is 1. The van der Waals surface area contributed by atoms with E-state index in [1.54, 1.807) is 0 Å². The highest BCUT2D eigenvalue weighted by Crippen LogP contribution is 2.34. The first-order valence-electron chi connectivity index (χ1n) is 6.48. The molecule has 0 amide bonds. The molecule has 1 aromatic rings. The zero-order valence-electron chi connectivity index (χ0n) is 11.7. The molecule has 1 aliphatic heterocycles. The molecule has 2 N–H and O–H groups in total. The molecule has 3 heteroatoms. The Morgan fingerprint density at radius 1 is 1.28 bits per heavy atom. The second kappa shape index (κ2) is 4.65. The molecule has 0 aromatic heterocycles. The molecule has 3 nitrogen and oxygen atoms in total.